The Hall–Kier alpha value is -2.53. The second-order valence-corrected chi connectivity index (χ2v) is 7.37. The fourth-order valence-corrected chi connectivity index (χ4v) is 3.66. The van der Waals surface area contributed by atoms with Crippen LogP contribution in [0.15, 0.2) is 66.7 Å². The quantitative estimate of drug-likeness (QED) is 0.702. The lowest BCUT2D eigenvalue weighted by Gasteiger charge is -2.11. The van der Waals surface area contributed by atoms with Gasteiger partial charge in [0.1, 0.15) is 11.5 Å². The molecule has 0 radical (unpaired) electrons. The standard InChI is InChI=1S/C19H19NO3S/c1-2-13-24(21,22)20-16-9-6-10-17(14-16)23-19-12-5-8-15-7-3-4-11-18(15)19/h3-12,14,20H,2,13H2,1H3. The highest BCUT2D eigenvalue weighted by Gasteiger charge is 2.10. The van der Waals surface area contributed by atoms with Gasteiger partial charge in [-0.25, -0.2) is 8.42 Å². The number of anilines is 1. The van der Waals surface area contributed by atoms with Gasteiger partial charge in [0.25, 0.3) is 0 Å². The van der Waals surface area contributed by atoms with Gasteiger partial charge in [-0.15, -0.1) is 0 Å². The molecule has 0 aliphatic carbocycles. The number of ether oxygens (including phenoxy) is 1. The first kappa shape index (κ1) is 16.3. The van der Waals surface area contributed by atoms with E-state index in [1.807, 2.05) is 49.4 Å². The van der Waals surface area contributed by atoms with E-state index in [1.54, 1.807) is 24.3 Å². The topological polar surface area (TPSA) is 55.4 Å². The summed E-state index contributed by atoms with van der Waals surface area (Å²) in [7, 11) is -3.31. The van der Waals surface area contributed by atoms with E-state index in [2.05, 4.69) is 4.72 Å². The van der Waals surface area contributed by atoms with Crippen molar-refractivity contribution in [3.8, 4) is 11.5 Å². The molecule has 1 N–H and O–H groups in total. The molecule has 0 fully saturated rings. The van der Waals surface area contributed by atoms with Crippen molar-refractivity contribution in [1.82, 2.24) is 0 Å². The number of sulfonamides is 1. The number of hydrogen-bond donors (Lipinski definition) is 1. The van der Waals surface area contributed by atoms with E-state index in [0.717, 1.165) is 16.5 Å². The molecule has 24 heavy (non-hydrogen) atoms. The van der Waals surface area contributed by atoms with Crippen molar-refractivity contribution in [1.29, 1.82) is 0 Å². The zero-order valence-corrected chi connectivity index (χ0v) is 14.2. The Kier molecular flexibility index (Phi) is 4.71. The van der Waals surface area contributed by atoms with Crippen LogP contribution in [0, 0.1) is 0 Å². The fourth-order valence-electron chi connectivity index (χ4n) is 2.53. The second kappa shape index (κ2) is 6.93. The highest BCUT2D eigenvalue weighted by molar-refractivity contribution is 7.92. The lowest BCUT2D eigenvalue weighted by molar-refractivity contribution is 0.488. The molecule has 0 spiro atoms. The van der Waals surface area contributed by atoms with Gasteiger partial charge < -0.3 is 4.74 Å². The molecule has 4 nitrogen and oxygen atoms in total. The zero-order valence-electron chi connectivity index (χ0n) is 13.4. The van der Waals surface area contributed by atoms with Crippen molar-refractivity contribution in [3.63, 3.8) is 0 Å². The van der Waals surface area contributed by atoms with Crippen LogP contribution < -0.4 is 9.46 Å². The van der Waals surface area contributed by atoms with Gasteiger partial charge >= 0.3 is 0 Å². The molecule has 3 rings (SSSR count). The van der Waals surface area contributed by atoms with Gasteiger partial charge in [-0.05, 0) is 30.0 Å². The maximum atomic E-state index is 11.9. The van der Waals surface area contributed by atoms with E-state index in [9.17, 15) is 8.42 Å². The average molecular weight is 341 g/mol. The molecule has 124 valence electrons. The molecule has 0 saturated carbocycles. The summed E-state index contributed by atoms with van der Waals surface area (Å²) in [5.74, 6) is 1.42. The number of hydrogen-bond acceptors (Lipinski definition) is 3. The van der Waals surface area contributed by atoms with Crippen molar-refractivity contribution in [2.75, 3.05) is 10.5 Å². The second-order valence-electron chi connectivity index (χ2n) is 5.53. The zero-order chi connectivity index (χ0) is 17.0. The van der Waals surface area contributed by atoms with Crippen LogP contribution in [-0.2, 0) is 10.0 Å². The average Bonchev–Trinajstić information content (AvgIpc) is 2.55. The molecule has 0 amide bonds. The predicted octanol–water partition coefficient (Wildman–Crippen LogP) is 4.78. The minimum atomic E-state index is -3.31. The van der Waals surface area contributed by atoms with Crippen LogP contribution in [0.3, 0.4) is 0 Å². The largest absolute Gasteiger partial charge is 0.457 e. The maximum Gasteiger partial charge on any atom is 0.232 e. The Labute approximate surface area is 142 Å². The summed E-state index contributed by atoms with van der Waals surface area (Å²) in [4.78, 5) is 0. The van der Waals surface area contributed by atoms with Gasteiger partial charge in [0.15, 0.2) is 0 Å². The molecule has 3 aromatic rings. The summed E-state index contributed by atoms with van der Waals surface area (Å²) in [6.45, 7) is 1.83. The van der Waals surface area contributed by atoms with Crippen molar-refractivity contribution >= 4 is 26.5 Å². The third-order valence-electron chi connectivity index (χ3n) is 3.56. The van der Waals surface area contributed by atoms with Gasteiger partial charge in [0.05, 0.1) is 11.4 Å². The third kappa shape index (κ3) is 3.86. The van der Waals surface area contributed by atoms with Gasteiger partial charge in [-0.3, -0.25) is 4.72 Å². The monoisotopic (exact) mass is 341 g/mol. The van der Waals surface area contributed by atoms with Crippen LogP contribution in [0.4, 0.5) is 5.69 Å². The van der Waals surface area contributed by atoms with Crippen molar-refractivity contribution < 1.29 is 13.2 Å². The van der Waals surface area contributed by atoms with E-state index < -0.39 is 10.0 Å². The molecule has 3 aromatic carbocycles. The molecule has 0 unspecified atom stereocenters. The SMILES string of the molecule is CCCS(=O)(=O)Nc1cccc(Oc2cccc3ccccc23)c1. The molecule has 0 bridgehead atoms. The summed E-state index contributed by atoms with van der Waals surface area (Å²) in [6.07, 6.45) is 0.571. The summed E-state index contributed by atoms with van der Waals surface area (Å²) >= 11 is 0. The van der Waals surface area contributed by atoms with E-state index in [-0.39, 0.29) is 5.75 Å². The van der Waals surface area contributed by atoms with E-state index in [1.165, 1.54) is 0 Å². The van der Waals surface area contributed by atoms with E-state index >= 15 is 0 Å². The summed E-state index contributed by atoms with van der Waals surface area (Å²) < 4.78 is 32.3. The first-order valence-electron chi connectivity index (χ1n) is 7.83. The highest BCUT2D eigenvalue weighted by Crippen LogP contribution is 2.30. The molecule has 0 heterocycles. The third-order valence-corrected chi connectivity index (χ3v) is 5.05. The first-order valence-corrected chi connectivity index (χ1v) is 9.49. The van der Waals surface area contributed by atoms with Crippen LogP contribution in [0.25, 0.3) is 10.8 Å². The van der Waals surface area contributed by atoms with Gasteiger partial charge in [0, 0.05) is 11.5 Å². The summed E-state index contributed by atoms with van der Waals surface area (Å²) in [5, 5.41) is 2.10. The van der Waals surface area contributed by atoms with Gasteiger partial charge in [-0.2, -0.15) is 0 Å². The minimum Gasteiger partial charge on any atom is -0.457 e. The normalized spacial score (nSPS) is 11.4. The number of rotatable bonds is 6. The van der Waals surface area contributed by atoms with Gasteiger partial charge in [0.2, 0.25) is 10.0 Å². The highest BCUT2D eigenvalue weighted by atomic mass is 32.2. The number of fused-ring (bicyclic) bond motifs is 1. The molecule has 0 aliphatic rings. The van der Waals surface area contributed by atoms with E-state index in [4.69, 9.17) is 4.74 Å². The molecule has 0 aromatic heterocycles. The maximum absolute atomic E-state index is 11.9. The van der Waals surface area contributed by atoms with Crippen LogP contribution >= 0.6 is 0 Å². The minimum absolute atomic E-state index is 0.0986. The van der Waals surface area contributed by atoms with Crippen LogP contribution in [0.5, 0.6) is 11.5 Å². The van der Waals surface area contributed by atoms with Crippen molar-refractivity contribution in [3.05, 3.63) is 66.7 Å². The number of benzene rings is 3. The molecule has 0 aliphatic heterocycles. The summed E-state index contributed by atoms with van der Waals surface area (Å²) in [6, 6.07) is 20.8. The summed E-state index contributed by atoms with van der Waals surface area (Å²) in [5.41, 5.74) is 0.501. The van der Waals surface area contributed by atoms with Crippen LogP contribution in [0.2, 0.25) is 0 Å². The lowest BCUT2D eigenvalue weighted by atomic mass is 10.1. The molecule has 5 heteroatoms. The first-order chi connectivity index (χ1) is 11.6. The predicted molar refractivity (Wildman–Crippen MR) is 98.2 cm³/mol. The number of nitrogens with one attached hydrogen (secondary N) is 1. The smallest absolute Gasteiger partial charge is 0.232 e. The molecular formula is C19H19NO3S. The van der Waals surface area contributed by atoms with Crippen LogP contribution in [-0.4, -0.2) is 14.2 Å². The molecule has 0 atom stereocenters. The molecular weight excluding hydrogens is 322 g/mol. The Morgan fingerprint density at radius 3 is 2.54 bits per heavy atom. The van der Waals surface area contributed by atoms with Crippen molar-refractivity contribution in [2.24, 2.45) is 0 Å². The molecule has 0 saturated heterocycles. The Morgan fingerprint density at radius 1 is 0.958 bits per heavy atom. The lowest BCUT2D eigenvalue weighted by Crippen LogP contribution is -2.15. The Morgan fingerprint density at radius 2 is 1.71 bits per heavy atom. The van der Waals surface area contributed by atoms with Gasteiger partial charge in [-0.1, -0.05) is 49.4 Å². The Bertz CT molecular complexity index is 946. The Balaban J connectivity index is 1.87. The van der Waals surface area contributed by atoms with Crippen LogP contribution in [0.1, 0.15) is 13.3 Å². The van der Waals surface area contributed by atoms with Crippen molar-refractivity contribution in [2.45, 2.75) is 13.3 Å². The van der Waals surface area contributed by atoms with E-state index in [0.29, 0.717) is 17.9 Å². The fraction of sp³-hybridized carbons (Fsp3) is 0.158.